The topological polar surface area (TPSA) is 49.4 Å². The molecule has 1 saturated heterocycles. The number of hydrogen-bond donors (Lipinski definition) is 1. The van der Waals surface area contributed by atoms with Gasteiger partial charge in [0, 0.05) is 30.6 Å². The van der Waals surface area contributed by atoms with Crippen molar-refractivity contribution in [2.24, 2.45) is 0 Å². The summed E-state index contributed by atoms with van der Waals surface area (Å²) in [6.07, 6.45) is 4.52. The minimum atomic E-state index is 0.0965. The number of likely N-dealkylation sites (tertiary alicyclic amines) is 1. The molecule has 1 amide bonds. The lowest BCUT2D eigenvalue weighted by molar-refractivity contribution is -0.131. The first-order valence-electron chi connectivity index (χ1n) is 8.25. The van der Waals surface area contributed by atoms with Gasteiger partial charge in [-0.15, -0.1) is 0 Å². The van der Waals surface area contributed by atoms with E-state index in [4.69, 9.17) is 0 Å². The SMILES string of the molecule is CC(=O)c1cccc(C2CCCN(C(=O)CNC3CC3)C2)c1. The van der Waals surface area contributed by atoms with E-state index in [1.54, 1.807) is 6.92 Å². The molecule has 1 aliphatic carbocycles. The van der Waals surface area contributed by atoms with Crippen molar-refractivity contribution in [2.45, 2.75) is 44.6 Å². The van der Waals surface area contributed by atoms with Crippen LogP contribution in [0.25, 0.3) is 0 Å². The highest BCUT2D eigenvalue weighted by molar-refractivity contribution is 5.94. The summed E-state index contributed by atoms with van der Waals surface area (Å²) in [5.74, 6) is 0.650. The van der Waals surface area contributed by atoms with Gasteiger partial charge >= 0.3 is 0 Å². The number of amides is 1. The molecule has 2 aliphatic rings. The van der Waals surface area contributed by atoms with Gasteiger partial charge in [0.15, 0.2) is 5.78 Å². The molecule has 1 aliphatic heterocycles. The molecule has 0 aromatic heterocycles. The van der Waals surface area contributed by atoms with Crippen LogP contribution < -0.4 is 5.32 Å². The second-order valence-corrected chi connectivity index (χ2v) is 6.52. The van der Waals surface area contributed by atoms with Gasteiger partial charge in [0.1, 0.15) is 0 Å². The van der Waals surface area contributed by atoms with E-state index in [1.165, 1.54) is 18.4 Å². The Hall–Kier alpha value is -1.68. The average Bonchev–Trinajstić information content (AvgIpc) is 3.37. The summed E-state index contributed by atoms with van der Waals surface area (Å²) >= 11 is 0. The molecular formula is C18H24N2O2. The van der Waals surface area contributed by atoms with E-state index in [1.807, 2.05) is 23.1 Å². The minimum absolute atomic E-state index is 0.0965. The summed E-state index contributed by atoms with van der Waals surface area (Å²) in [6.45, 7) is 3.69. The molecule has 118 valence electrons. The lowest BCUT2D eigenvalue weighted by atomic mass is 9.89. The molecule has 1 aromatic carbocycles. The van der Waals surface area contributed by atoms with E-state index in [2.05, 4.69) is 11.4 Å². The van der Waals surface area contributed by atoms with Crippen molar-refractivity contribution in [3.63, 3.8) is 0 Å². The monoisotopic (exact) mass is 300 g/mol. The van der Waals surface area contributed by atoms with E-state index in [-0.39, 0.29) is 11.7 Å². The van der Waals surface area contributed by atoms with Crippen molar-refractivity contribution in [3.05, 3.63) is 35.4 Å². The van der Waals surface area contributed by atoms with Crippen molar-refractivity contribution >= 4 is 11.7 Å². The van der Waals surface area contributed by atoms with Gasteiger partial charge in [0.05, 0.1) is 6.54 Å². The molecular weight excluding hydrogens is 276 g/mol. The number of piperidine rings is 1. The molecule has 1 N–H and O–H groups in total. The zero-order chi connectivity index (χ0) is 15.5. The highest BCUT2D eigenvalue weighted by Gasteiger charge is 2.27. The molecule has 22 heavy (non-hydrogen) atoms. The average molecular weight is 300 g/mol. The van der Waals surface area contributed by atoms with Gasteiger partial charge < -0.3 is 10.2 Å². The first-order valence-corrected chi connectivity index (χ1v) is 8.25. The van der Waals surface area contributed by atoms with Gasteiger partial charge in [-0.05, 0) is 44.2 Å². The predicted molar refractivity (Wildman–Crippen MR) is 86.0 cm³/mol. The normalized spacial score (nSPS) is 21.7. The molecule has 1 aromatic rings. The number of carbonyl (C=O) groups is 2. The van der Waals surface area contributed by atoms with Crippen LogP contribution in [0.2, 0.25) is 0 Å². The maximum atomic E-state index is 12.3. The van der Waals surface area contributed by atoms with Crippen LogP contribution in [0.5, 0.6) is 0 Å². The summed E-state index contributed by atoms with van der Waals surface area (Å²) in [7, 11) is 0. The third-order valence-electron chi connectivity index (χ3n) is 4.66. The van der Waals surface area contributed by atoms with Crippen LogP contribution in [0.1, 0.15) is 54.4 Å². The lowest BCUT2D eigenvalue weighted by Crippen LogP contribution is -2.43. The summed E-state index contributed by atoms with van der Waals surface area (Å²) in [4.78, 5) is 25.8. The summed E-state index contributed by atoms with van der Waals surface area (Å²) < 4.78 is 0. The van der Waals surface area contributed by atoms with Crippen LogP contribution in [0.4, 0.5) is 0 Å². The number of benzene rings is 1. The van der Waals surface area contributed by atoms with Crippen LogP contribution in [0.3, 0.4) is 0 Å². The second-order valence-electron chi connectivity index (χ2n) is 6.52. The number of carbonyl (C=O) groups excluding carboxylic acids is 2. The fourth-order valence-electron chi connectivity index (χ4n) is 3.12. The molecule has 0 radical (unpaired) electrons. The minimum Gasteiger partial charge on any atom is -0.341 e. The Morgan fingerprint density at radius 2 is 2.09 bits per heavy atom. The van der Waals surface area contributed by atoms with Crippen molar-refractivity contribution < 1.29 is 9.59 Å². The van der Waals surface area contributed by atoms with Gasteiger partial charge in [0.2, 0.25) is 5.91 Å². The van der Waals surface area contributed by atoms with Gasteiger partial charge in [-0.1, -0.05) is 18.2 Å². The van der Waals surface area contributed by atoms with E-state index < -0.39 is 0 Å². The van der Waals surface area contributed by atoms with Crippen molar-refractivity contribution in [3.8, 4) is 0 Å². The van der Waals surface area contributed by atoms with Crippen LogP contribution in [-0.4, -0.2) is 42.3 Å². The van der Waals surface area contributed by atoms with Crippen molar-refractivity contribution in [1.82, 2.24) is 10.2 Å². The number of nitrogens with zero attached hydrogens (tertiary/aromatic N) is 1. The largest absolute Gasteiger partial charge is 0.341 e. The third kappa shape index (κ3) is 3.74. The molecule has 4 nitrogen and oxygen atoms in total. The lowest BCUT2D eigenvalue weighted by Gasteiger charge is -2.33. The number of ketones is 1. The molecule has 0 bridgehead atoms. The predicted octanol–water partition coefficient (Wildman–Crippen LogP) is 2.35. The first-order chi connectivity index (χ1) is 10.6. The number of hydrogen-bond acceptors (Lipinski definition) is 3. The van der Waals surface area contributed by atoms with E-state index in [0.29, 0.717) is 18.5 Å². The van der Waals surface area contributed by atoms with Crippen LogP contribution in [-0.2, 0) is 4.79 Å². The molecule has 1 heterocycles. The van der Waals surface area contributed by atoms with Crippen molar-refractivity contribution in [2.75, 3.05) is 19.6 Å². The van der Waals surface area contributed by atoms with Crippen LogP contribution in [0.15, 0.2) is 24.3 Å². The Morgan fingerprint density at radius 1 is 1.27 bits per heavy atom. The highest BCUT2D eigenvalue weighted by Crippen LogP contribution is 2.27. The molecule has 4 heteroatoms. The smallest absolute Gasteiger partial charge is 0.236 e. The quantitative estimate of drug-likeness (QED) is 0.849. The van der Waals surface area contributed by atoms with Gasteiger partial charge in [-0.2, -0.15) is 0 Å². The fraction of sp³-hybridized carbons (Fsp3) is 0.556. The van der Waals surface area contributed by atoms with Gasteiger partial charge in [0.25, 0.3) is 0 Å². The van der Waals surface area contributed by atoms with Crippen LogP contribution >= 0.6 is 0 Å². The second kappa shape index (κ2) is 6.61. The Kier molecular flexibility index (Phi) is 4.57. The number of Topliss-reactive ketones (excluding diaryl/α,β-unsaturated/α-hetero) is 1. The third-order valence-corrected chi connectivity index (χ3v) is 4.66. The number of rotatable bonds is 5. The molecule has 3 rings (SSSR count). The Morgan fingerprint density at radius 3 is 2.82 bits per heavy atom. The molecule has 0 spiro atoms. The summed E-state index contributed by atoms with van der Waals surface area (Å²) in [5, 5.41) is 3.30. The number of nitrogens with one attached hydrogen (secondary N) is 1. The molecule has 1 saturated carbocycles. The maximum absolute atomic E-state index is 12.3. The standard InChI is InChI=1S/C18H24N2O2/c1-13(21)14-4-2-5-15(10-14)16-6-3-9-20(12-16)18(22)11-19-17-7-8-17/h2,4-5,10,16-17,19H,3,6-9,11-12H2,1H3. The van der Waals surface area contributed by atoms with Gasteiger partial charge in [-0.25, -0.2) is 0 Å². The zero-order valence-electron chi connectivity index (χ0n) is 13.2. The Balaban J connectivity index is 1.63. The van der Waals surface area contributed by atoms with E-state index in [0.717, 1.165) is 31.5 Å². The molecule has 2 fully saturated rings. The molecule has 1 unspecified atom stereocenters. The van der Waals surface area contributed by atoms with E-state index in [9.17, 15) is 9.59 Å². The zero-order valence-corrected chi connectivity index (χ0v) is 13.2. The van der Waals surface area contributed by atoms with Gasteiger partial charge in [-0.3, -0.25) is 9.59 Å². The van der Waals surface area contributed by atoms with Crippen LogP contribution in [0, 0.1) is 0 Å². The van der Waals surface area contributed by atoms with E-state index >= 15 is 0 Å². The highest BCUT2D eigenvalue weighted by atomic mass is 16.2. The first kappa shape index (κ1) is 15.2. The van der Waals surface area contributed by atoms with Crippen molar-refractivity contribution in [1.29, 1.82) is 0 Å². The Bertz CT molecular complexity index is 566. The summed E-state index contributed by atoms with van der Waals surface area (Å²) in [5.41, 5.74) is 1.94. The maximum Gasteiger partial charge on any atom is 0.236 e. The summed E-state index contributed by atoms with van der Waals surface area (Å²) in [6, 6.07) is 8.44. The molecule has 1 atom stereocenters. The fourth-order valence-corrected chi connectivity index (χ4v) is 3.12. The Labute approximate surface area is 131 Å².